The van der Waals surface area contributed by atoms with Crippen molar-refractivity contribution in [2.24, 2.45) is 0 Å². The van der Waals surface area contributed by atoms with E-state index in [0.29, 0.717) is 0 Å². The van der Waals surface area contributed by atoms with Gasteiger partial charge in [0.15, 0.2) is 0 Å². The number of benzene rings is 2. The number of ether oxygens (including phenoxy) is 1. The average molecular weight is 294 g/mol. The second-order valence-corrected chi connectivity index (χ2v) is 6.33. The third-order valence-electron chi connectivity index (χ3n) is 4.64. The van der Waals surface area contributed by atoms with Crippen LogP contribution < -0.4 is 15.8 Å². The highest BCUT2D eigenvalue weighted by atomic mass is 16.5. The Bertz CT molecular complexity index is 784. The Kier molecular flexibility index (Phi) is 2.55. The molecule has 1 amide bonds. The predicted molar refractivity (Wildman–Crippen MR) is 86.4 cm³/mol. The fraction of sp³-hybridized carbons (Fsp3) is 0.278. The minimum atomic E-state index is -0.292. The first-order chi connectivity index (χ1) is 10.5. The quantitative estimate of drug-likeness (QED) is 0.831. The molecule has 0 unspecified atom stereocenters. The second-order valence-electron chi connectivity index (χ2n) is 6.33. The number of hydrogen-bond donors (Lipinski definition) is 2. The van der Waals surface area contributed by atoms with Crippen molar-refractivity contribution in [3.63, 3.8) is 0 Å². The first-order valence-corrected chi connectivity index (χ1v) is 7.50. The van der Waals surface area contributed by atoms with Gasteiger partial charge in [-0.1, -0.05) is 0 Å². The lowest BCUT2D eigenvalue weighted by molar-refractivity contribution is -0.117. The molecule has 1 saturated carbocycles. The lowest BCUT2D eigenvalue weighted by Gasteiger charge is -2.14. The van der Waals surface area contributed by atoms with Crippen LogP contribution in [0.3, 0.4) is 0 Å². The summed E-state index contributed by atoms with van der Waals surface area (Å²) in [6.45, 7) is 3.97. The molecular formula is C18H18N2O2. The van der Waals surface area contributed by atoms with E-state index in [4.69, 9.17) is 10.5 Å². The maximum absolute atomic E-state index is 12.1. The van der Waals surface area contributed by atoms with Gasteiger partial charge in [-0.3, -0.25) is 4.79 Å². The van der Waals surface area contributed by atoms with Crippen molar-refractivity contribution in [3.8, 4) is 11.5 Å². The number of fused-ring (bicyclic) bond motifs is 2. The number of aryl methyl sites for hydroxylation is 2. The third-order valence-corrected chi connectivity index (χ3v) is 4.64. The summed E-state index contributed by atoms with van der Waals surface area (Å²) in [6, 6.07) is 9.63. The van der Waals surface area contributed by atoms with Crippen molar-refractivity contribution in [2.75, 3.05) is 11.1 Å². The molecule has 22 heavy (non-hydrogen) atoms. The molecule has 4 heteroatoms. The van der Waals surface area contributed by atoms with Crippen molar-refractivity contribution in [3.05, 3.63) is 47.0 Å². The fourth-order valence-electron chi connectivity index (χ4n) is 3.34. The van der Waals surface area contributed by atoms with Crippen molar-refractivity contribution in [1.29, 1.82) is 0 Å². The van der Waals surface area contributed by atoms with Gasteiger partial charge in [0, 0.05) is 11.4 Å². The SMILES string of the molecule is Cc1cc(N)cc(C)c1Oc1ccc2c(c1)C1(CC1)C(=O)N2. The van der Waals surface area contributed by atoms with Crippen LogP contribution >= 0.6 is 0 Å². The molecule has 0 saturated heterocycles. The van der Waals surface area contributed by atoms with Gasteiger partial charge in [-0.15, -0.1) is 0 Å². The summed E-state index contributed by atoms with van der Waals surface area (Å²) in [5.74, 6) is 1.72. The molecule has 2 aromatic rings. The van der Waals surface area contributed by atoms with Crippen LogP contribution in [0.5, 0.6) is 11.5 Å². The summed E-state index contributed by atoms with van der Waals surface area (Å²) in [5, 5.41) is 2.96. The highest BCUT2D eigenvalue weighted by Crippen LogP contribution is 2.55. The van der Waals surface area contributed by atoms with Crippen molar-refractivity contribution >= 4 is 17.3 Å². The summed E-state index contributed by atoms with van der Waals surface area (Å²) in [7, 11) is 0. The molecule has 1 aliphatic carbocycles. The lowest BCUT2D eigenvalue weighted by Crippen LogP contribution is -2.18. The number of anilines is 2. The minimum absolute atomic E-state index is 0.125. The Hall–Kier alpha value is -2.49. The molecular weight excluding hydrogens is 276 g/mol. The number of carbonyl (C=O) groups is 1. The first kappa shape index (κ1) is 13.2. The number of nitrogens with one attached hydrogen (secondary N) is 1. The van der Waals surface area contributed by atoms with Gasteiger partial charge in [0.25, 0.3) is 0 Å². The molecule has 0 bridgehead atoms. The highest BCUT2D eigenvalue weighted by molar-refractivity contribution is 6.08. The zero-order valence-corrected chi connectivity index (χ0v) is 12.7. The van der Waals surface area contributed by atoms with E-state index in [0.717, 1.165) is 52.4 Å². The first-order valence-electron chi connectivity index (χ1n) is 7.50. The number of nitrogen functional groups attached to an aromatic ring is 1. The standard InChI is InChI=1S/C18H18N2O2/c1-10-7-12(19)8-11(2)16(10)22-13-3-4-15-14(9-13)18(5-6-18)17(21)20-15/h3-4,7-9H,5-6,19H2,1-2H3,(H,20,21). The fourth-order valence-corrected chi connectivity index (χ4v) is 3.34. The Morgan fingerprint density at radius 1 is 1.14 bits per heavy atom. The van der Waals surface area contributed by atoms with Crippen molar-refractivity contribution in [1.82, 2.24) is 0 Å². The summed E-state index contributed by atoms with van der Waals surface area (Å²) < 4.78 is 6.08. The number of hydrogen-bond acceptors (Lipinski definition) is 3. The average Bonchev–Trinajstić information content (AvgIpc) is 3.20. The van der Waals surface area contributed by atoms with Crippen LogP contribution in [0.1, 0.15) is 29.5 Å². The smallest absolute Gasteiger partial charge is 0.235 e. The van der Waals surface area contributed by atoms with Gasteiger partial charge in [-0.2, -0.15) is 0 Å². The van der Waals surface area contributed by atoms with Gasteiger partial charge < -0.3 is 15.8 Å². The second kappa shape index (κ2) is 4.26. The Balaban J connectivity index is 1.72. The van der Waals surface area contributed by atoms with E-state index in [1.807, 2.05) is 44.2 Å². The molecule has 2 aromatic carbocycles. The highest BCUT2D eigenvalue weighted by Gasteiger charge is 2.56. The zero-order valence-electron chi connectivity index (χ0n) is 12.7. The normalized spacial score (nSPS) is 17.3. The molecule has 4 nitrogen and oxygen atoms in total. The van der Waals surface area contributed by atoms with E-state index in [9.17, 15) is 4.79 Å². The summed E-state index contributed by atoms with van der Waals surface area (Å²) in [4.78, 5) is 12.1. The van der Waals surface area contributed by atoms with E-state index in [-0.39, 0.29) is 11.3 Å². The van der Waals surface area contributed by atoms with E-state index < -0.39 is 0 Å². The summed E-state index contributed by atoms with van der Waals surface area (Å²) >= 11 is 0. The van der Waals surface area contributed by atoms with Crippen LogP contribution in [-0.4, -0.2) is 5.91 Å². The van der Waals surface area contributed by atoms with Crippen molar-refractivity contribution < 1.29 is 9.53 Å². The molecule has 1 fully saturated rings. The summed E-state index contributed by atoms with van der Waals surface area (Å²) in [5.41, 5.74) is 10.3. The van der Waals surface area contributed by atoms with Crippen molar-refractivity contribution in [2.45, 2.75) is 32.1 Å². The number of amides is 1. The predicted octanol–water partition coefficient (Wildman–Crippen LogP) is 3.66. The van der Waals surface area contributed by atoms with E-state index in [1.54, 1.807) is 0 Å². The van der Waals surface area contributed by atoms with Crippen LogP contribution in [0.2, 0.25) is 0 Å². The Morgan fingerprint density at radius 3 is 2.45 bits per heavy atom. The third kappa shape index (κ3) is 1.80. The van der Waals surface area contributed by atoms with Gasteiger partial charge in [0.1, 0.15) is 11.5 Å². The minimum Gasteiger partial charge on any atom is -0.457 e. The maximum Gasteiger partial charge on any atom is 0.235 e. The molecule has 1 heterocycles. The topological polar surface area (TPSA) is 64.3 Å². The molecule has 0 atom stereocenters. The molecule has 112 valence electrons. The van der Waals surface area contributed by atoms with Gasteiger partial charge in [0.2, 0.25) is 5.91 Å². The van der Waals surface area contributed by atoms with Crippen LogP contribution in [0.25, 0.3) is 0 Å². The zero-order chi connectivity index (χ0) is 15.5. The van der Waals surface area contributed by atoms with E-state index in [1.165, 1.54) is 0 Å². The number of rotatable bonds is 2. The summed E-state index contributed by atoms with van der Waals surface area (Å²) in [6.07, 6.45) is 1.85. The molecule has 1 spiro atoms. The van der Waals surface area contributed by atoms with E-state index in [2.05, 4.69) is 5.32 Å². The van der Waals surface area contributed by atoms with Crippen LogP contribution in [0.15, 0.2) is 30.3 Å². The number of nitrogens with two attached hydrogens (primary N) is 1. The monoisotopic (exact) mass is 294 g/mol. The van der Waals surface area contributed by atoms with E-state index >= 15 is 0 Å². The lowest BCUT2D eigenvalue weighted by atomic mass is 9.98. The Morgan fingerprint density at radius 2 is 1.82 bits per heavy atom. The van der Waals surface area contributed by atoms with Crippen LogP contribution in [-0.2, 0) is 10.2 Å². The van der Waals surface area contributed by atoms with Gasteiger partial charge >= 0.3 is 0 Å². The molecule has 2 aliphatic rings. The van der Waals surface area contributed by atoms with Crippen LogP contribution in [0, 0.1) is 13.8 Å². The molecule has 3 N–H and O–H groups in total. The largest absolute Gasteiger partial charge is 0.457 e. The van der Waals surface area contributed by atoms with Crippen LogP contribution in [0.4, 0.5) is 11.4 Å². The van der Waals surface area contributed by atoms with Gasteiger partial charge in [-0.05, 0) is 73.7 Å². The Labute approximate surface area is 129 Å². The molecule has 1 aliphatic heterocycles. The van der Waals surface area contributed by atoms with Gasteiger partial charge in [0.05, 0.1) is 5.41 Å². The van der Waals surface area contributed by atoms with Gasteiger partial charge in [-0.25, -0.2) is 0 Å². The molecule has 0 radical (unpaired) electrons. The number of carbonyl (C=O) groups excluding carboxylic acids is 1. The molecule has 4 rings (SSSR count). The maximum atomic E-state index is 12.1. The molecule has 0 aromatic heterocycles.